The smallest absolute Gasteiger partial charge is 0.282 e. The van der Waals surface area contributed by atoms with Crippen molar-refractivity contribution in [3.8, 4) is 22.9 Å². The summed E-state index contributed by atoms with van der Waals surface area (Å²) in [5.41, 5.74) is 2.47. The van der Waals surface area contributed by atoms with E-state index in [1.165, 1.54) is 4.68 Å². The van der Waals surface area contributed by atoms with Gasteiger partial charge in [-0.05, 0) is 43.2 Å². The topological polar surface area (TPSA) is 76.7 Å². The van der Waals surface area contributed by atoms with Gasteiger partial charge in [-0.1, -0.05) is 48.5 Å². The second kappa shape index (κ2) is 9.31. The van der Waals surface area contributed by atoms with Gasteiger partial charge < -0.3 is 9.84 Å². The van der Waals surface area contributed by atoms with Crippen LogP contribution in [0.4, 0.5) is 0 Å². The van der Waals surface area contributed by atoms with Crippen molar-refractivity contribution in [2.45, 2.75) is 13.3 Å². The highest BCUT2D eigenvalue weighted by molar-refractivity contribution is 5.83. The number of allylic oxidation sites excluding steroid dienone is 1. The molecule has 0 unspecified atom stereocenters. The van der Waals surface area contributed by atoms with E-state index in [1.807, 2.05) is 49.4 Å². The van der Waals surface area contributed by atoms with Crippen LogP contribution in [0.1, 0.15) is 18.1 Å². The first-order chi connectivity index (χ1) is 15.6. The standard InChI is InChI=1S/C26H23N3O3/c1-3-10-20-15-18(16-23(24(20)30)32-4-2)17-27-29-25(19-11-6-5-7-12-19)28-22-14-9-8-13-21(22)26(29)31/h3,5-9,11-17,30H,1,4,10H2,2H3. The maximum Gasteiger partial charge on any atom is 0.282 e. The van der Waals surface area contributed by atoms with Crippen LogP contribution in [0.5, 0.6) is 11.5 Å². The van der Waals surface area contributed by atoms with E-state index in [1.54, 1.807) is 36.6 Å². The van der Waals surface area contributed by atoms with Gasteiger partial charge >= 0.3 is 0 Å². The van der Waals surface area contributed by atoms with Gasteiger partial charge in [-0.3, -0.25) is 4.79 Å². The molecule has 6 nitrogen and oxygen atoms in total. The molecule has 1 N–H and O–H groups in total. The summed E-state index contributed by atoms with van der Waals surface area (Å²) >= 11 is 0. The molecule has 0 spiro atoms. The van der Waals surface area contributed by atoms with Crippen molar-refractivity contribution in [2.24, 2.45) is 5.10 Å². The van der Waals surface area contributed by atoms with Gasteiger partial charge in [-0.15, -0.1) is 6.58 Å². The van der Waals surface area contributed by atoms with Crippen LogP contribution >= 0.6 is 0 Å². The molecular formula is C26H23N3O3. The van der Waals surface area contributed by atoms with Crippen LogP contribution < -0.4 is 10.3 Å². The quantitative estimate of drug-likeness (QED) is 0.342. The number of hydrogen-bond donors (Lipinski definition) is 1. The Labute approximate surface area is 185 Å². The molecule has 0 aliphatic heterocycles. The summed E-state index contributed by atoms with van der Waals surface area (Å²) < 4.78 is 6.87. The summed E-state index contributed by atoms with van der Waals surface area (Å²) in [5.74, 6) is 0.889. The number of para-hydroxylation sites is 1. The number of fused-ring (bicyclic) bond motifs is 1. The number of hydrogen-bond acceptors (Lipinski definition) is 5. The number of phenolic OH excluding ortho intramolecular Hbond substituents is 1. The number of benzene rings is 3. The normalized spacial score (nSPS) is 11.2. The van der Waals surface area contributed by atoms with Gasteiger partial charge in [0.1, 0.15) is 0 Å². The lowest BCUT2D eigenvalue weighted by molar-refractivity contribution is 0.317. The highest BCUT2D eigenvalue weighted by Crippen LogP contribution is 2.32. The largest absolute Gasteiger partial charge is 0.504 e. The summed E-state index contributed by atoms with van der Waals surface area (Å²) in [7, 11) is 0. The fourth-order valence-electron chi connectivity index (χ4n) is 3.47. The minimum Gasteiger partial charge on any atom is -0.504 e. The van der Waals surface area contributed by atoms with Crippen molar-refractivity contribution in [2.75, 3.05) is 6.61 Å². The summed E-state index contributed by atoms with van der Waals surface area (Å²) in [6.45, 7) is 6.00. The fourth-order valence-corrected chi connectivity index (χ4v) is 3.47. The van der Waals surface area contributed by atoms with Crippen LogP contribution in [0.25, 0.3) is 22.3 Å². The second-order valence-electron chi connectivity index (χ2n) is 7.13. The number of ether oxygens (including phenoxy) is 1. The van der Waals surface area contributed by atoms with Gasteiger partial charge in [0, 0.05) is 11.1 Å². The molecule has 0 atom stereocenters. The number of rotatable bonds is 7. The van der Waals surface area contributed by atoms with Crippen LogP contribution in [0.2, 0.25) is 0 Å². The lowest BCUT2D eigenvalue weighted by atomic mass is 10.1. The Bertz CT molecular complexity index is 1360. The van der Waals surface area contributed by atoms with Crippen LogP contribution in [0, 0.1) is 0 Å². The fraction of sp³-hybridized carbons (Fsp3) is 0.115. The molecule has 0 aliphatic rings. The molecular weight excluding hydrogens is 402 g/mol. The summed E-state index contributed by atoms with van der Waals surface area (Å²) in [6.07, 6.45) is 3.75. The Morgan fingerprint density at radius 1 is 1.12 bits per heavy atom. The van der Waals surface area contributed by atoms with E-state index >= 15 is 0 Å². The first-order valence-electron chi connectivity index (χ1n) is 10.3. The molecule has 6 heteroatoms. The molecule has 0 bridgehead atoms. The SMILES string of the molecule is C=CCc1cc(C=Nn2c(-c3ccccc3)nc3ccccc3c2=O)cc(OCC)c1O. The Balaban J connectivity index is 1.88. The minimum absolute atomic E-state index is 0.0819. The minimum atomic E-state index is -0.263. The predicted molar refractivity (Wildman–Crippen MR) is 128 cm³/mol. The lowest BCUT2D eigenvalue weighted by Gasteiger charge is -2.12. The molecule has 4 aromatic rings. The van der Waals surface area contributed by atoms with Gasteiger partial charge in [-0.25, -0.2) is 4.98 Å². The Kier molecular flexibility index (Phi) is 6.12. The van der Waals surface area contributed by atoms with E-state index in [0.717, 1.165) is 5.56 Å². The molecule has 0 aliphatic carbocycles. The van der Waals surface area contributed by atoms with Crippen molar-refractivity contribution in [3.63, 3.8) is 0 Å². The lowest BCUT2D eigenvalue weighted by Crippen LogP contribution is -2.20. The van der Waals surface area contributed by atoms with Gasteiger partial charge in [0.25, 0.3) is 5.56 Å². The number of nitrogens with zero attached hydrogens (tertiary/aromatic N) is 3. The molecule has 0 saturated heterocycles. The van der Waals surface area contributed by atoms with E-state index in [-0.39, 0.29) is 11.3 Å². The maximum absolute atomic E-state index is 13.3. The van der Waals surface area contributed by atoms with E-state index in [9.17, 15) is 9.90 Å². The molecule has 0 radical (unpaired) electrons. The molecule has 1 heterocycles. The van der Waals surface area contributed by atoms with E-state index < -0.39 is 0 Å². The van der Waals surface area contributed by atoms with Crippen LogP contribution in [-0.2, 0) is 6.42 Å². The molecule has 0 amide bonds. The van der Waals surface area contributed by atoms with Crippen LogP contribution in [0.15, 0.2) is 89.3 Å². The summed E-state index contributed by atoms with van der Waals surface area (Å²) in [5, 5.41) is 15.4. The van der Waals surface area contributed by atoms with Crippen molar-refractivity contribution in [1.29, 1.82) is 0 Å². The molecule has 1 aromatic heterocycles. The highest BCUT2D eigenvalue weighted by Gasteiger charge is 2.13. The van der Waals surface area contributed by atoms with Crippen molar-refractivity contribution in [3.05, 3.63) is 101 Å². The van der Waals surface area contributed by atoms with Gasteiger partial charge in [0.15, 0.2) is 17.3 Å². The highest BCUT2D eigenvalue weighted by atomic mass is 16.5. The Morgan fingerprint density at radius 3 is 2.62 bits per heavy atom. The first kappa shape index (κ1) is 21.1. The molecule has 0 saturated carbocycles. The number of aromatic hydroxyl groups is 1. The molecule has 3 aromatic carbocycles. The zero-order chi connectivity index (χ0) is 22.5. The van der Waals surface area contributed by atoms with Crippen LogP contribution in [-0.4, -0.2) is 27.6 Å². The van der Waals surface area contributed by atoms with Gasteiger partial charge in [0.2, 0.25) is 0 Å². The molecule has 32 heavy (non-hydrogen) atoms. The molecule has 0 fully saturated rings. The third kappa shape index (κ3) is 4.16. The van der Waals surface area contributed by atoms with E-state index in [4.69, 9.17) is 9.72 Å². The zero-order valence-corrected chi connectivity index (χ0v) is 17.7. The maximum atomic E-state index is 13.3. The second-order valence-corrected chi connectivity index (χ2v) is 7.13. The Hall–Kier alpha value is -4.19. The predicted octanol–water partition coefficient (Wildman–Crippen LogP) is 4.78. The van der Waals surface area contributed by atoms with Crippen molar-refractivity contribution < 1.29 is 9.84 Å². The third-order valence-electron chi connectivity index (χ3n) is 4.95. The zero-order valence-electron chi connectivity index (χ0n) is 17.7. The first-order valence-corrected chi connectivity index (χ1v) is 10.3. The summed E-state index contributed by atoms with van der Waals surface area (Å²) in [4.78, 5) is 18.0. The van der Waals surface area contributed by atoms with Gasteiger partial charge in [-0.2, -0.15) is 9.78 Å². The van der Waals surface area contributed by atoms with Crippen LogP contribution in [0.3, 0.4) is 0 Å². The van der Waals surface area contributed by atoms with E-state index in [2.05, 4.69) is 11.7 Å². The molecule has 4 rings (SSSR count). The average Bonchev–Trinajstić information content (AvgIpc) is 2.82. The van der Waals surface area contributed by atoms with Crippen molar-refractivity contribution in [1.82, 2.24) is 9.66 Å². The summed E-state index contributed by atoms with van der Waals surface area (Å²) in [6, 6.07) is 20.2. The monoisotopic (exact) mass is 425 g/mol. The van der Waals surface area contributed by atoms with Gasteiger partial charge in [0.05, 0.1) is 23.7 Å². The van der Waals surface area contributed by atoms with E-state index in [0.29, 0.717) is 46.6 Å². The van der Waals surface area contributed by atoms with Crippen molar-refractivity contribution >= 4 is 17.1 Å². The third-order valence-corrected chi connectivity index (χ3v) is 4.95. The Morgan fingerprint density at radius 2 is 1.88 bits per heavy atom. The molecule has 160 valence electrons. The number of phenols is 1. The number of aromatic nitrogens is 2. The average molecular weight is 425 g/mol.